The lowest BCUT2D eigenvalue weighted by molar-refractivity contribution is 0.411. The van der Waals surface area contributed by atoms with Crippen molar-refractivity contribution in [2.24, 2.45) is 5.92 Å². The van der Waals surface area contributed by atoms with Crippen molar-refractivity contribution < 1.29 is 0 Å². The molecule has 0 rings (SSSR count). The zero-order valence-corrected chi connectivity index (χ0v) is 11.9. The highest BCUT2D eigenvalue weighted by atomic mass is 14.1. The van der Waals surface area contributed by atoms with Gasteiger partial charge < -0.3 is 0 Å². The van der Waals surface area contributed by atoms with Crippen LogP contribution in [0.4, 0.5) is 0 Å². The van der Waals surface area contributed by atoms with Gasteiger partial charge in [-0.15, -0.1) is 13.2 Å². The van der Waals surface area contributed by atoms with Gasteiger partial charge in [0.25, 0.3) is 0 Å². The highest BCUT2D eigenvalue weighted by Crippen LogP contribution is 2.21. The summed E-state index contributed by atoms with van der Waals surface area (Å²) < 4.78 is 0. The van der Waals surface area contributed by atoms with Gasteiger partial charge in [0.2, 0.25) is 0 Å². The van der Waals surface area contributed by atoms with Crippen LogP contribution in [0, 0.1) is 5.92 Å². The third kappa shape index (κ3) is 11.7. The van der Waals surface area contributed by atoms with Crippen molar-refractivity contribution in [1.82, 2.24) is 0 Å². The molecule has 0 aromatic rings. The Morgan fingerprint density at radius 2 is 1.47 bits per heavy atom. The first-order chi connectivity index (χ1) is 8.35. The van der Waals surface area contributed by atoms with Crippen LogP contribution in [0.15, 0.2) is 25.3 Å². The maximum absolute atomic E-state index is 3.89. The molecule has 0 radical (unpaired) electrons. The molecule has 0 bridgehead atoms. The number of unbranched alkanes of at least 4 members (excludes halogenated alkanes) is 6. The summed E-state index contributed by atoms with van der Waals surface area (Å²) in [6.45, 7) is 9.93. The average Bonchev–Trinajstić information content (AvgIpc) is 2.34. The SMILES string of the molecule is C=CCCCCCCC(CC=C)CCCCC. The van der Waals surface area contributed by atoms with Crippen LogP contribution in [0.1, 0.15) is 77.6 Å². The highest BCUT2D eigenvalue weighted by Gasteiger charge is 2.06. The second kappa shape index (κ2) is 13.5. The molecule has 0 aromatic carbocycles. The molecule has 100 valence electrons. The van der Waals surface area contributed by atoms with Crippen LogP contribution in [-0.2, 0) is 0 Å². The quantitative estimate of drug-likeness (QED) is 0.260. The van der Waals surface area contributed by atoms with E-state index in [2.05, 4.69) is 26.2 Å². The second-order valence-electron chi connectivity index (χ2n) is 5.17. The molecule has 1 atom stereocenters. The summed E-state index contributed by atoms with van der Waals surface area (Å²) in [6.07, 6.45) is 19.0. The zero-order valence-electron chi connectivity index (χ0n) is 11.9. The average molecular weight is 236 g/mol. The Balaban J connectivity index is 3.47. The largest absolute Gasteiger partial charge is 0.103 e. The molecular formula is C17H32. The third-order valence-corrected chi connectivity index (χ3v) is 3.49. The molecule has 0 heterocycles. The van der Waals surface area contributed by atoms with Gasteiger partial charge in [-0.25, -0.2) is 0 Å². The second-order valence-corrected chi connectivity index (χ2v) is 5.17. The van der Waals surface area contributed by atoms with E-state index in [1.165, 1.54) is 70.6 Å². The van der Waals surface area contributed by atoms with Crippen LogP contribution in [0.3, 0.4) is 0 Å². The molecule has 0 aromatic heterocycles. The predicted molar refractivity (Wildman–Crippen MR) is 80.3 cm³/mol. The van der Waals surface area contributed by atoms with E-state index in [1.54, 1.807) is 0 Å². The first kappa shape index (κ1) is 16.5. The van der Waals surface area contributed by atoms with Gasteiger partial charge in [-0.1, -0.05) is 70.4 Å². The topological polar surface area (TPSA) is 0 Å². The summed E-state index contributed by atoms with van der Waals surface area (Å²) in [5.41, 5.74) is 0. The molecule has 0 spiro atoms. The van der Waals surface area contributed by atoms with E-state index in [4.69, 9.17) is 0 Å². The summed E-state index contributed by atoms with van der Waals surface area (Å²) in [6, 6.07) is 0. The normalized spacial score (nSPS) is 12.3. The molecule has 0 nitrogen and oxygen atoms in total. The van der Waals surface area contributed by atoms with Gasteiger partial charge in [0, 0.05) is 0 Å². The molecule has 17 heavy (non-hydrogen) atoms. The molecule has 0 fully saturated rings. The molecule has 0 amide bonds. The number of allylic oxidation sites excluding steroid dienone is 2. The first-order valence-electron chi connectivity index (χ1n) is 7.56. The minimum Gasteiger partial charge on any atom is -0.103 e. The van der Waals surface area contributed by atoms with Crippen molar-refractivity contribution in [3.8, 4) is 0 Å². The Morgan fingerprint density at radius 3 is 2.06 bits per heavy atom. The van der Waals surface area contributed by atoms with Gasteiger partial charge in [-0.2, -0.15) is 0 Å². The van der Waals surface area contributed by atoms with Crippen LogP contribution < -0.4 is 0 Å². The van der Waals surface area contributed by atoms with Crippen molar-refractivity contribution in [3.63, 3.8) is 0 Å². The van der Waals surface area contributed by atoms with Crippen molar-refractivity contribution >= 4 is 0 Å². The Kier molecular flexibility index (Phi) is 13.1. The molecule has 0 aliphatic carbocycles. The smallest absolute Gasteiger partial charge is 0.0325 e. The fourth-order valence-corrected chi connectivity index (χ4v) is 2.37. The number of hydrogen-bond acceptors (Lipinski definition) is 0. The van der Waals surface area contributed by atoms with Gasteiger partial charge in [0.15, 0.2) is 0 Å². The molecule has 0 saturated heterocycles. The molecule has 0 aliphatic heterocycles. The van der Waals surface area contributed by atoms with Crippen LogP contribution in [0.2, 0.25) is 0 Å². The van der Waals surface area contributed by atoms with Crippen molar-refractivity contribution in [3.05, 3.63) is 25.3 Å². The van der Waals surface area contributed by atoms with Gasteiger partial charge >= 0.3 is 0 Å². The lowest BCUT2D eigenvalue weighted by Crippen LogP contribution is -1.99. The molecule has 0 heteroatoms. The molecule has 1 unspecified atom stereocenters. The number of rotatable bonds is 13. The van der Waals surface area contributed by atoms with Crippen molar-refractivity contribution in [1.29, 1.82) is 0 Å². The van der Waals surface area contributed by atoms with Crippen LogP contribution in [-0.4, -0.2) is 0 Å². The maximum atomic E-state index is 3.89. The van der Waals surface area contributed by atoms with E-state index in [-0.39, 0.29) is 0 Å². The van der Waals surface area contributed by atoms with Gasteiger partial charge in [-0.05, 0) is 25.2 Å². The lowest BCUT2D eigenvalue weighted by atomic mass is 9.92. The predicted octanol–water partition coefficient (Wildman–Crippen LogP) is 6.29. The van der Waals surface area contributed by atoms with E-state index in [0.717, 1.165) is 5.92 Å². The van der Waals surface area contributed by atoms with E-state index in [0.29, 0.717) is 0 Å². The minimum absolute atomic E-state index is 0.901. The van der Waals surface area contributed by atoms with Crippen molar-refractivity contribution in [2.45, 2.75) is 77.6 Å². The Hall–Kier alpha value is -0.520. The fraction of sp³-hybridized carbons (Fsp3) is 0.765. The molecule has 0 saturated carbocycles. The van der Waals surface area contributed by atoms with Crippen LogP contribution in [0.25, 0.3) is 0 Å². The van der Waals surface area contributed by atoms with Gasteiger partial charge in [-0.3, -0.25) is 0 Å². The van der Waals surface area contributed by atoms with E-state index >= 15 is 0 Å². The Morgan fingerprint density at radius 1 is 0.824 bits per heavy atom. The Bertz CT molecular complexity index is 169. The van der Waals surface area contributed by atoms with Gasteiger partial charge in [0.1, 0.15) is 0 Å². The monoisotopic (exact) mass is 236 g/mol. The van der Waals surface area contributed by atoms with E-state index in [1.807, 2.05) is 6.08 Å². The standard InChI is InChI=1S/C17H32/c1-4-7-9-10-11-13-16-17(14-6-3)15-12-8-5-2/h4,6,17H,1,3,5,7-16H2,2H3. The summed E-state index contributed by atoms with van der Waals surface area (Å²) in [4.78, 5) is 0. The van der Waals surface area contributed by atoms with Crippen LogP contribution >= 0.6 is 0 Å². The molecule has 0 N–H and O–H groups in total. The highest BCUT2D eigenvalue weighted by molar-refractivity contribution is 4.73. The summed E-state index contributed by atoms with van der Waals surface area (Å²) in [5.74, 6) is 0.901. The summed E-state index contributed by atoms with van der Waals surface area (Å²) in [5, 5.41) is 0. The third-order valence-electron chi connectivity index (χ3n) is 3.49. The summed E-state index contributed by atoms with van der Waals surface area (Å²) >= 11 is 0. The zero-order chi connectivity index (χ0) is 12.8. The maximum Gasteiger partial charge on any atom is -0.0325 e. The lowest BCUT2D eigenvalue weighted by Gasteiger charge is -2.14. The van der Waals surface area contributed by atoms with Crippen LogP contribution in [0.5, 0.6) is 0 Å². The fourth-order valence-electron chi connectivity index (χ4n) is 2.37. The first-order valence-corrected chi connectivity index (χ1v) is 7.56. The molecular weight excluding hydrogens is 204 g/mol. The number of hydrogen-bond donors (Lipinski definition) is 0. The Labute approximate surface area is 109 Å². The van der Waals surface area contributed by atoms with Crippen molar-refractivity contribution in [2.75, 3.05) is 0 Å². The van der Waals surface area contributed by atoms with Gasteiger partial charge in [0.05, 0.1) is 0 Å². The summed E-state index contributed by atoms with van der Waals surface area (Å²) in [7, 11) is 0. The molecule has 0 aliphatic rings. The minimum atomic E-state index is 0.901. The van der Waals surface area contributed by atoms with E-state index < -0.39 is 0 Å². The van der Waals surface area contributed by atoms with E-state index in [9.17, 15) is 0 Å².